The number of nitrogens with zero attached hydrogens (tertiary/aromatic N) is 3. The maximum Gasteiger partial charge on any atom is 0.325 e. The van der Waals surface area contributed by atoms with E-state index in [-0.39, 0.29) is 6.42 Å². The Hall–Kier alpha value is -3.91. The van der Waals surface area contributed by atoms with Crippen LogP contribution in [0.5, 0.6) is 0 Å². The van der Waals surface area contributed by atoms with Gasteiger partial charge in [0.1, 0.15) is 5.82 Å². The molecule has 0 fully saturated rings. The summed E-state index contributed by atoms with van der Waals surface area (Å²) >= 11 is 1.60. The van der Waals surface area contributed by atoms with Crippen LogP contribution in [0.25, 0.3) is 16.5 Å². The molecule has 0 saturated heterocycles. The fourth-order valence-electron chi connectivity index (χ4n) is 3.88. The summed E-state index contributed by atoms with van der Waals surface area (Å²) in [5, 5.41) is 12.0. The van der Waals surface area contributed by atoms with Crippen molar-refractivity contribution in [2.45, 2.75) is 24.3 Å². The van der Waals surface area contributed by atoms with Gasteiger partial charge in [0.2, 0.25) is 0 Å². The molecule has 0 saturated carbocycles. The molecule has 0 unspecified atom stereocenters. The number of aromatic amines is 2. The molecule has 0 aliphatic carbocycles. The smallest absolute Gasteiger partial charge is 0.311 e. The van der Waals surface area contributed by atoms with Gasteiger partial charge in [-0.25, -0.2) is 4.79 Å². The number of nitrogens with one attached hydrogen (secondary N) is 2. The molecule has 5 aromatic rings. The quantitative estimate of drug-likeness (QED) is 0.378. The van der Waals surface area contributed by atoms with E-state index < -0.39 is 11.2 Å². The number of thioether (sulfide) groups is 1. The first-order valence-corrected chi connectivity index (χ1v) is 11.5. The highest BCUT2D eigenvalue weighted by atomic mass is 32.2. The molecule has 2 heterocycles. The van der Waals surface area contributed by atoms with Crippen LogP contribution in [0, 0.1) is 6.92 Å². The van der Waals surface area contributed by atoms with Gasteiger partial charge in [0.25, 0.3) is 5.56 Å². The molecule has 0 spiro atoms. The third-order valence-electron chi connectivity index (χ3n) is 5.36. The lowest BCUT2D eigenvalue weighted by atomic mass is 10.1. The van der Waals surface area contributed by atoms with Crippen LogP contribution in [0.1, 0.15) is 22.6 Å². The number of benzene rings is 3. The highest BCUT2D eigenvalue weighted by Gasteiger charge is 2.16. The summed E-state index contributed by atoms with van der Waals surface area (Å²) in [7, 11) is 0. The number of hydrogen-bond donors (Lipinski definition) is 2. The van der Waals surface area contributed by atoms with Gasteiger partial charge < -0.3 is 4.98 Å². The Morgan fingerprint density at radius 1 is 0.909 bits per heavy atom. The Morgan fingerprint density at radius 3 is 2.58 bits per heavy atom. The van der Waals surface area contributed by atoms with E-state index in [1.165, 1.54) is 22.4 Å². The van der Waals surface area contributed by atoms with Crippen LogP contribution in [0.2, 0.25) is 0 Å². The number of aryl methyl sites for hydroxylation is 1. The molecule has 3 aromatic carbocycles. The van der Waals surface area contributed by atoms with E-state index in [0.29, 0.717) is 11.5 Å². The average Bonchev–Trinajstić information content (AvgIpc) is 3.19. The van der Waals surface area contributed by atoms with Gasteiger partial charge in [-0.05, 0) is 41.0 Å². The van der Waals surface area contributed by atoms with Crippen molar-refractivity contribution in [3.05, 3.63) is 116 Å². The van der Waals surface area contributed by atoms with Gasteiger partial charge in [-0.15, -0.1) is 10.2 Å². The van der Waals surface area contributed by atoms with Gasteiger partial charge in [-0.3, -0.25) is 14.3 Å². The van der Waals surface area contributed by atoms with Crippen molar-refractivity contribution < 1.29 is 0 Å². The van der Waals surface area contributed by atoms with Crippen LogP contribution >= 0.6 is 11.8 Å². The minimum Gasteiger partial charge on any atom is -0.311 e. The Labute approximate surface area is 193 Å². The topological polar surface area (TPSA) is 96.4 Å². The molecular weight excluding hydrogens is 434 g/mol. The molecule has 0 aliphatic heterocycles. The summed E-state index contributed by atoms with van der Waals surface area (Å²) in [6.45, 7) is 2.03. The highest BCUT2D eigenvalue weighted by Crippen LogP contribution is 2.29. The normalized spacial score (nSPS) is 11.2. The largest absolute Gasteiger partial charge is 0.325 e. The summed E-state index contributed by atoms with van der Waals surface area (Å²) in [4.78, 5) is 28.3. The molecule has 0 amide bonds. The van der Waals surface area contributed by atoms with Crippen molar-refractivity contribution in [3.63, 3.8) is 0 Å². The van der Waals surface area contributed by atoms with Crippen molar-refractivity contribution >= 4 is 22.5 Å². The summed E-state index contributed by atoms with van der Waals surface area (Å²) in [6, 6.07) is 24.1. The van der Waals surface area contributed by atoms with Gasteiger partial charge in [-0.2, -0.15) is 0 Å². The number of hydrogen-bond acceptors (Lipinski definition) is 5. The number of H-pyrrole nitrogens is 2. The number of fused-ring (bicyclic) bond motifs is 1. The standard InChI is InChI=1S/C25H21N5O2S/c1-16-6-4-10-20(12-16)30-22(13-19-14-23(31)27-24(32)26-19)28-29-25(30)33-15-18-9-5-8-17-7-2-3-11-21(17)18/h2-12,14H,13,15H2,1H3,(H2,26,27,31,32). The Morgan fingerprint density at radius 2 is 1.73 bits per heavy atom. The van der Waals surface area contributed by atoms with Crippen LogP contribution in [-0.2, 0) is 12.2 Å². The number of aromatic nitrogens is 5. The van der Waals surface area contributed by atoms with Gasteiger partial charge in [0.05, 0.1) is 0 Å². The fraction of sp³-hybridized carbons (Fsp3) is 0.120. The van der Waals surface area contributed by atoms with E-state index in [2.05, 4.69) is 56.6 Å². The highest BCUT2D eigenvalue weighted by molar-refractivity contribution is 7.98. The van der Waals surface area contributed by atoms with Gasteiger partial charge in [0.15, 0.2) is 5.16 Å². The van der Waals surface area contributed by atoms with Crippen LogP contribution in [-0.4, -0.2) is 24.7 Å². The fourth-order valence-corrected chi connectivity index (χ4v) is 4.86. The predicted molar refractivity (Wildman–Crippen MR) is 130 cm³/mol. The summed E-state index contributed by atoms with van der Waals surface area (Å²) in [5.41, 5.74) is 2.77. The van der Waals surface area contributed by atoms with Crippen molar-refractivity contribution in [2.24, 2.45) is 0 Å². The molecule has 0 aliphatic rings. The van der Waals surface area contributed by atoms with Gasteiger partial charge in [-0.1, -0.05) is 66.4 Å². The molecule has 0 bridgehead atoms. The zero-order valence-electron chi connectivity index (χ0n) is 17.9. The van der Waals surface area contributed by atoms with Crippen LogP contribution in [0.15, 0.2) is 87.5 Å². The first-order valence-electron chi connectivity index (χ1n) is 10.5. The molecule has 0 radical (unpaired) electrons. The molecule has 0 atom stereocenters. The van der Waals surface area contributed by atoms with E-state index >= 15 is 0 Å². The monoisotopic (exact) mass is 455 g/mol. The second-order valence-electron chi connectivity index (χ2n) is 7.79. The van der Waals surface area contributed by atoms with Crippen molar-refractivity contribution in [2.75, 3.05) is 0 Å². The first kappa shape index (κ1) is 21.0. The third-order valence-corrected chi connectivity index (χ3v) is 6.34. The van der Waals surface area contributed by atoms with Crippen LogP contribution in [0.4, 0.5) is 0 Å². The molecule has 33 heavy (non-hydrogen) atoms. The molecule has 2 aromatic heterocycles. The lowest BCUT2D eigenvalue weighted by Gasteiger charge is -2.12. The summed E-state index contributed by atoms with van der Waals surface area (Å²) in [6.07, 6.45) is 0.273. The average molecular weight is 456 g/mol. The Kier molecular flexibility index (Phi) is 5.66. The van der Waals surface area contributed by atoms with Crippen molar-refractivity contribution in [1.82, 2.24) is 24.7 Å². The van der Waals surface area contributed by atoms with E-state index in [1.807, 2.05) is 41.8 Å². The maximum absolute atomic E-state index is 11.8. The Balaban J connectivity index is 1.53. The Bertz CT molecular complexity index is 1530. The lowest BCUT2D eigenvalue weighted by molar-refractivity contribution is 0.828. The minimum absolute atomic E-state index is 0.273. The zero-order valence-corrected chi connectivity index (χ0v) is 18.7. The molecule has 7 nitrogen and oxygen atoms in total. The zero-order chi connectivity index (χ0) is 22.8. The first-order chi connectivity index (χ1) is 16.1. The summed E-state index contributed by atoms with van der Waals surface area (Å²) in [5.74, 6) is 1.37. The third kappa shape index (κ3) is 4.51. The number of rotatable bonds is 6. The second kappa shape index (κ2) is 8.91. The maximum atomic E-state index is 11.8. The summed E-state index contributed by atoms with van der Waals surface area (Å²) < 4.78 is 1.99. The SMILES string of the molecule is Cc1cccc(-n2c(Cc3cc(=O)[nH]c(=O)[nH]3)nnc2SCc2cccc3ccccc23)c1. The molecule has 8 heteroatoms. The molecule has 164 valence electrons. The van der Waals surface area contributed by atoms with E-state index in [9.17, 15) is 9.59 Å². The second-order valence-corrected chi connectivity index (χ2v) is 8.73. The molecular formula is C25H21N5O2S. The molecule has 5 rings (SSSR count). The van der Waals surface area contributed by atoms with E-state index in [4.69, 9.17) is 0 Å². The van der Waals surface area contributed by atoms with E-state index in [1.54, 1.807) is 11.8 Å². The molecule has 2 N–H and O–H groups in total. The van der Waals surface area contributed by atoms with E-state index in [0.717, 1.165) is 22.2 Å². The van der Waals surface area contributed by atoms with Gasteiger partial charge in [0, 0.05) is 29.6 Å². The minimum atomic E-state index is -0.537. The lowest BCUT2D eigenvalue weighted by Crippen LogP contribution is -2.23. The van der Waals surface area contributed by atoms with Crippen LogP contribution < -0.4 is 11.2 Å². The van der Waals surface area contributed by atoms with Crippen molar-refractivity contribution in [1.29, 1.82) is 0 Å². The van der Waals surface area contributed by atoms with Crippen molar-refractivity contribution in [3.8, 4) is 5.69 Å². The predicted octanol–water partition coefficient (Wildman–Crippen LogP) is 3.99. The van der Waals surface area contributed by atoms with Crippen LogP contribution in [0.3, 0.4) is 0 Å². The van der Waals surface area contributed by atoms with Gasteiger partial charge >= 0.3 is 5.69 Å².